The molecule has 4 atom stereocenters. The van der Waals surface area contributed by atoms with Crippen LogP contribution in [0.4, 0.5) is 62.8 Å². The molecule has 0 aliphatic carbocycles. The summed E-state index contributed by atoms with van der Waals surface area (Å²) in [5, 5.41) is 28.5. The molecule has 0 spiro atoms. The van der Waals surface area contributed by atoms with Gasteiger partial charge >= 0.3 is 12.2 Å². The maximum atomic E-state index is 14.4. The Morgan fingerprint density at radius 1 is 0.360 bits per heavy atom. The third-order valence-corrected chi connectivity index (χ3v) is 23.2. The van der Waals surface area contributed by atoms with Gasteiger partial charge < -0.3 is 86.1 Å². The summed E-state index contributed by atoms with van der Waals surface area (Å²) in [4.78, 5) is 98.1. The van der Waals surface area contributed by atoms with E-state index in [1.165, 1.54) is 27.6 Å². The molecular formula is C95H97F9N20O12. The van der Waals surface area contributed by atoms with Crippen molar-refractivity contribution in [2.45, 2.75) is 134 Å². The van der Waals surface area contributed by atoms with E-state index < -0.39 is 110 Å². The van der Waals surface area contributed by atoms with Crippen molar-refractivity contribution in [1.82, 2.24) is 60.4 Å². The first kappa shape index (κ1) is 98.3. The molecule has 136 heavy (non-hydrogen) atoms. The Bertz CT molecular complexity index is 6470. The second-order valence-electron chi connectivity index (χ2n) is 32.8. The van der Waals surface area contributed by atoms with E-state index in [0.717, 1.165) is 42.7 Å². The average Bonchev–Trinajstić information content (AvgIpc) is 1.62. The Balaban J connectivity index is 0.000000153. The van der Waals surface area contributed by atoms with Gasteiger partial charge in [-0.25, -0.2) is 40.7 Å². The van der Waals surface area contributed by atoms with Crippen LogP contribution in [0.15, 0.2) is 188 Å². The van der Waals surface area contributed by atoms with Crippen molar-refractivity contribution in [3.63, 3.8) is 0 Å². The van der Waals surface area contributed by atoms with Crippen LogP contribution in [0.2, 0.25) is 0 Å². The molecule has 8 heterocycles. The molecule has 0 radical (unpaired) electrons. The molecule has 0 bridgehead atoms. The Kier molecular flexibility index (Phi) is 30.0. The number of anilines is 4. The van der Waals surface area contributed by atoms with Gasteiger partial charge in [0, 0.05) is 83.9 Å². The highest BCUT2D eigenvalue weighted by molar-refractivity contribution is 6.06. The lowest BCUT2D eigenvalue weighted by Crippen LogP contribution is -2.41. The topological polar surface area (TPSA) is 501 Å². The summed E-state index contributed by atoms with van der Waals surface area (Å²) < 4.78 is 149. The van der Waals surface area contributed by atoms with Crippen molar-refractivity contribution in [3.8, 4) is 45.0 Å². The molecular weight excluding hydrogens is 1780 g/mol. The molecule has 4 aromatic heterocycles. The van der Waals surface area contributed by atoms with E-state index in [-0.39, 0.29) is 150 Å². The number of hydrogen-bond donors (Lipinski definition) is 12. The smallest absolute Gasteiger partial charge is 0.357 e. The fraction of sp³-hybridized carbons (Fsp3) is 0.284. The minimum atomic E-state index is -3.29. The highest BCUT2D eigenvalue weighted by Crippen LogP contribution is 2.45. The van der Waals surface area contributed by atoms with Crippen LogP contribution >= 0.6 is 0 Å². The summed E-state index contributed by atoms with van der Waals surface area (Å²) in [6.45, 7) is 6.61. The van der Waals surface area contributed by atoms with Crippen LogP contribution in [0.25, 0.3) is 45.0 Å². The average molecular weight is 1880 g/mol. The Hall–Kier alpha value is -15.2. The van der Waals surface area contributed by atoms with Gasteiger partial charge in [0.2, 0.25) is 0 Å². The van der Waals surface area contributed by atoms with Crippen LogP contribution in [0.5, 0.6) is 0 Å². The molecule has 4 aliphatic heterocycles. The highest BCUT2D eigenvalue weighted by atomic mass is 19.3. The van der Waals surface area contributed by atoms with Crippen molar-refractivity contribution in [1.29, 1.82) is 0 Å². The number of carbonyl (C=O) groups is 8. The molecule has 8 amide bonds. The molecule has 41 heteroatoms. The van der Waals surface area contributed by atoms with Gasteiger partial charge in [0.1, 0.15) is 99.4 Å². The van der Waals surface area contributed by atoms with E-state index in [1.54, 1.807) is 140 Å². The van der Waals surface area contributed by atoms with Gasteiger partial charge in [-0.05, 0) is 122 Å². The number of aromatic nitrogens is 8. The van der Waals surface area contributed by atoms with Crippen LogP contribution in [-0.4, -0.2) is 150 Å². The minimum Gasteiger partial charge on any atom is -0.383 e. The molecule has 4 saturated heterocycles. The number of rotatable bonds is 24. The predicted molar refractivity (Wildman–Crippen MR) is 484 cm³/mol. The number of nitrogen functional groups attached to an aromatic ring is 4. The number of nitrogens with two attached hydrogens (primary N) is 8. The molecule has 4 unspecified atom stereocenters. The zero-order valence-electron chi connectivity index (χ0n) is 73.8. The summed E-state index contributed by atoms with van der Waals surface area (Å²) in [6.07, 6.45) is -7.53. The summed E-state index contributed by atoms with van der Waals surface area (Å²) in [5.41, 5.74) is 57.1. The first-order valence-corrected chi connectivity index (χ1v) is 42.7. The van der Waals surface area contributed by atoms with Crippen LogP contribution in [0.1, 0.15) is 184 Å². The van der Waals surface area contributed by atoms with Crippen molar-refractivity contribution in [2.24, 2.45) is 22.9 Å². The van der Waals surface area contributed by atoms with E-state index in [0.29, 0.717) is 63.2 Å². The summed E-state index contributed by atoms with van der Waals surface area (Å²) in [5.74, 6) is -11.8. The maximum absolute atomic E-state index is 14.4. The third-order valence-electron chi connectivity index (χ3n) is 23.2. The van der Waals surface area contributed by atoms with E-state index in [4.69, 9.17) is 55.3 Å². The Morgan fingerprint density at radius 3 is 0.949 bits per heavy atom. The molecule has 32 nitrogen and oxygen atoms in total. The number of halogens is 9. The molecule has 8 aromatic carbocycles. The van der Waals surface area contributed by atoms with Gasteiger partial charge in [-0.15, -0.1) is 0 Å². The van der Waals surface area contributed by atoms with Crippen LogP contribution < -0.4 is 67.1 Å². The number of benzene rings is 8. The number of primary amides is 4. The number of amides is 8. The van der Waals surface area contributed by atoms with Crippen LogP contribution in [0.3, 0.4) is 0 Å². The number of alkyl halides is 8. The number of nitrogens with one attached hydrogen (secondary N) is 4. The normalized spacial score (nSPS) is 17.2. The Morgan fingerprint density at radius 2 is 0.647 bits per heavy atom. The first-order valence-electron chi connectivity index (χ1n) is 42.7. The standard InChI is InChI=1S/C24H24F3N5O3.2C24H25F2N5O3.C23H23F2N5O3/c1-13-2-7-16(25)10-17(13)23(34)30-11-14-3-5-15(6-4-14)20-19(22(29)33)21(28)32(31-20)18-8-9-35-12-24(18,26)27;1-14-4-2-3-5-18(14)23(33)29-13-15-6-8-16(9-7-15)20-19(22(28)32)21(27)31(30-20)17-10-11-34-24(25,26)12-17;1-14-4-2-3-5-17(14)23(33)29-12-15-6-8-16(9-7-15)20-19(22(28)32)21(27)31(30-20)18-10-11-34-13-24(18,25)26;1-13-4-2-3-5-17(13)22(32)28-11-14-6-8-15(9-7-14)19-18(21(27)31)20(26)30(29-19)16-10-23(24,25)33-12-16/h2-7,10,18H,8-9,11-12,28H2,1H3,(H2,29,33)(H,30,34);2-9,17H,10-13,27H2,1H3,(H2,28,32)(H,29,33);2-9,18H,10-13,27H2,1H3,(H2,28,32)(H,29,33);2-9,16H,10-12,26H2,1H3,(H2,27,31)(H,28,32). The molecule has 20 N–H and O–H groups in total. The monoisotopic (exact) mass is 1880 g/mol. The van der Waals surface area contributed by atoms with Crippen LogP contribution in [-0.2, 0) is 45.1 Å². The fourth-order valence-corrected chi connectivity index (χ4v) is 15.9. The molecule has 0 saturated carbocycles. The maximum Gasteiger partial charge on any atom is 0.357 e. The third kappa shape index (κ3) is 22.6. The van der Waals surface area contributed by atoms with Gasteiger partial charge in [0.05, 0.1) is 38.1 Å². The van der Waals surface area contributed by atoms with E-state index in [1.807, 2.05) is 57.2 Å². The number of aryl methyl sites for hydroxylation is 4. The molecule has 12 aromatic rings. The molecule has 4 fully saturated rings. The number of nitrogens with zero attached hydrogens (tertiary/aromatic N) is 8. The minimum absolute atomic E-state index is 0.00392. The lowest BCUT2D eigenvalue weighted by atomic mass is 10.0. The van der Waals surface area contributed by atoms with Crippen molar-refractivity contribution in [2.75, 3.05) is 62.6 Å². The molecule has 712 valence electrons. The second-order valence-corrected chi connectivity index (χ2v) is 32.8. The van der Waals surface area contributed by atoms with E-state index >= 15 is 0 Å². The van der Waals surface area contributed by atoms with E-state index in [9.17, 15) is 77.9 Å². The number of carbonyl (C=O) groups excluding carboxylic acids is 8. The SMILES string of the molecule is Cc1ccc(F)cc1C(=O)NCc1ccc(-c2nn(C3CCOCC3(F)F)c(N)c2C(N)=O)cc1.Cc1ccccc1C(=O)NCc1ccc(-c2nn(C3CCOC(F)(F)C3)c(N)c2C(N)=O)cc1.Cc1ccccc1C(=O)NCc1ccc(-c2nn(C3CCOCC3(F)F)c(N)c2C(N)=O)cc1.Cc1ccccc1C(=O)NCc1ccc(-c2nn(C3COC(F)(F)C3)c(N)c2C(N)=O)cc1. The van der Waals surface area contributed by atoms with Gasteiger partial charge in [-0.2, -0.15) is 38.0 Å². The highest BCUT2D eigenvalue weighted by Gasteiger charge is 2.49. The molecule has 4 aliphatic rings. The summed E-state index contributed by atoms with van der Waals surface area (Å²) in [7, 11) is 0. The number of hydrogen-bond acceptors (Lipinski definition) is 20. The van der Waals surface area contributed by atoms with Gasteiger partial charge in [0.15, 0.2) is 0 Å². The van der Waals surface area contributed by atoms with Gasteiger partial charge in [0.25, 0.3) is 59.1 Å². The summed E-state index contributed by atoms with van der Waals surface area (Å²) in [6, 6.07) is 48.9. The van der Waals surface area contributed by atoms with Gasteiger partial charge in [-0.1, -0.05) is 158 Å². The lowest BCUT2D eigenvalue weighted by Gasteiger charge is -2.31. The summed E-state index contributed by atoms with van der Waals surface area (Å²) >= 11 is 0. The van der Waals surface area contributed by atoms with E-state index in [2.05, 4.69) is 51.1 Å². The molecule has 16 rings (SSSR count). The quantitative estimate of drug-likeness (QED) is 0.0250. The lowest BCUT2D eigenvalue weighted by molar-refractivity contribution is -0.266. The Labute approximate surface area is 771 Å². The number of ether oxygens (including phenoxy) is 4. The predicted octanol–water partition coefficient (Wildman–Crippen LogP) is 12.7. The largest absolute Gasteiger partial charge is 0.383 e. The zero-order valence-corrected chi connectivity index (χ0v) is 73.8. The second kappa shape index (κ2) is 41.5. The zero-order chi connectivity index (χ0) is 98.0. The van der Waals surface area contributed by atoms with Crippen molar-refractivity contribution in [3.05, 3.63) is 283 Å². The van der Waals surface area contributed by atoms with Gasteiger partial charge in [-0.3, -0.25) is 38.4 Å². The van der Waals surface area contributed by atoms with Crippen LogP contribution in [0, 0.1) is 33.5 Å². The van der Waals surface area contributed by atoms with Crippen molar-refractivity contribution >= 4 is 70.5 Å². The fourth-order valence-electron chi connectivity index (χ4n) is 15.9. The first-order chi connectivity index (χ1) is 64.6. The van der Waals surface area contributed by atoms with Crippen molar-refractivity contribution < 1.29 is 96.8 Å².